The number of aliphatic carboxylic acids is 1. The summed E-state index contributed by atoms with van der Waals surface area (Å²) in [5, 5.41) is 8.57. The quantitative estimate of drug-likeness (QED) is 0.924. The van der Waals surface area contributed by atoms with Crippen LogP contribution in [0.15, 0.2) is 36.4 Å². The van der Waals surface area contributed by atoms with E-state index in [-0.39, 0.29) is 11.1 Å². The largest absolute Gasteiger partial charge is 0.481 e. The Balaban J connectivity index is 2.45. The number of carboxylic acids is 1. The molecule has 0 amide bonds. The molecule has 1 N–H and O–H groups in total. The van der Waals surface area contributed by atoms with Gasteiger partial charge in [-0.15, -0.1) is 0 Å². The molecule has 2 aromatic rings. The number of carboxylic acid groups (broad SMARTS) is 1. The molecular formula is C14H9F3O2. The highest BCUT2D eigenvalue weighted by Crippen LogP contribution is 2.26. The van der Waals surface area contributed by atoms with Crippen LogP contribution in [0.1, 0.15) is 5.56 Å². The lowest BCUT2D eigenvalue weighted by molar-refractivity contribution is -0.136. The van der Waals surface area contributed by atoms with Crippen molar-refractivity contribution in [2.24, 2.45) is 0 Å². The second-order valence-electron chi connectivity index (χ2n) is 4.00. The van der Waals surface area contributed by atoms with Crippen molar-refractivity contribution in [3.8, 4) is 11.1 Å². The van der Waals surface area contributed by atoms with Crippen LogP contribution in [-0.2, 0) is 11.2 Å². The fraction of sp³-hybridized carbons (Fsp3) is 0.0714. The normalized spacial score (nSPS) is 10.5. The van der Waals surface area contributed by atoms with Crippen LogP contribution in [0.4, 0.5) is 13.2 Å². The summed E-state index contributed by atoms with van der Waals surface area (Å²) in [4.78, 5) is 10.5. The molecule has 0 radical (unpaired) electrons. The molecule has 19 heavy (non-hydrogen) atoms. The minimum atomic E-state index is -1.24. The SMILES string of the molecule is O=C(O)Cc1cc(F)c(-c2ccc(F)cc2)cc1F. The summed E-state index contributed by atoms with van der Waals surface area (Å²) in [6, 6.07) is 6.69. The fourth-order valence-electron chi connectivity index (χ4n) is 1.74. The van der Waals surface area contributed by atoms with Crippen molar-refractivity contribution in [2.75, 3.05) is 0 Å². The van der Waals surface area contributed by atoms with Crippen molar-refractivity contribution in [3.63, 3.8) is 0 Å². The lowest BCUT2D eigenvalue weighted by Gasteiger charge is -2.07. The summed E-state index contributed by atoms with van der Waals surface area (Å²) < 4.78 is 40.2. The molecule has 0 heterocycles. The van der Waals surface area contributed by atoms with Crippen LogP contribution < -0.4 is 0 Å². The molecule has 0 aliphatic carbocycles. The Morgan fingerprint density at radius 2 is 1.63 bits per heavy atom. The van der Waals surface area contributed by atoms with Gasteiger partial charge >= 0.3 is 5.97 Å². The molecule has 0 spiro atoms. The van der Waals surface area contributed by atoms with Gasteiger partial charge in [-0.2, -0.15) is 0 Å². The van der Waals surface area contributed by atoms with Crippen molar-refractivity contribution in [3.05, 3.63) is 59.4 Å². The van der Waals surface area contributed by atoms with Gasteiger partial charge in [0.25, 0.3) is 0 Å². The molecule has 2 rings (SSSR count). The topological polar surface area (TPSA) is 37.3 Å². The Hall–Kier alpha value is -2.30. The Kier molecular flexibility index (Phi) is 3.55. The van der Waals surface area contributed by atoms with Gasteiger partial charge in [-0.3, -0.25) is 4.79 Å². The average Bonchev–Trinajstić information content (AvgIpc) is 2.34. The van der Waals surface area contributed by atoms with E-state index in [0.717, 1.165) is 24.3 Å². The Labute approximate surface area is 107 Å². The van der Waals surface area contributed by atoms with Gasteiger partial charge in [0.2, 0.25) is 0 Å². The van der Waals surface area contributed by atoms with E-state index in [1.807, 2.05) is 0 Å². The molecule has 0 unspecified atom stereocenters. The van der Waals surface area contributed by atoms with E-state index in [4.69, 9.17) is 5.11 Å². The van der Waals surface area contributed by atoms with Crippen molar-refractivity contribution in [2.45, 2.75) is 6.42 Å². The number of benzene rings is 2. The number of hydrogen-bond acceptors (Lipinski definition) is 1. The molecule has 0 fully saturated rings. The first-order valence-corrected chi connectivity index (χ1v) is 5.43. The van der Waals surface area contributed by atoms with Crippen LogP contribution in [-0.4, -0.2) is 11.1 Å². The minimum absolute atomic E-state index is 0.0355. The number of rotatable bonds is 3. The van der Waals surface area contributed by atoms with Gasteiger partial charge in [0.05, 0.1) is 6.42 Å². The second kappa shape index (κ2) is 5.14. The van der Waals surface area contributed by atoms with Gasteiger partial charge in [-0.05, 0) is 29.8 Å². The van der Waals surface area contributed by atoms with Crippen LogP contribution in [0.2, 0.25) is 0 Å². The zero-order valence-corrected chi connectivity index (χ0v) is 9.66. The van der Waals surface area contributed by atoms with Crippen LogP contribution in [0.25, 0.3) is 11.1 Å². The molecule has 0 saturated heterocycles. The summed E-state index contributed by atoms with van der Waals surface area (Å²) in [6.07, 6.45) is -0.591. The summed E-state index contributed by atoms with van der Waals surface area (Å²) in [5.74, 6) is -3.27. The lowest BCUT2D eigenvalue weighted by atomic mass is 10.0. The molecule has 98 valence electrons. The number of hydrogen-bond donors (Lipinski definition) is 1. The number of carbonyl (C=O) groups is 1. The van der Waals surface area contributed by atoms with Gasteiger partial charge in [0, 0.05) is 11.1 Å². The maximum Gasteiger partial charge on any atom is 0.307 e. The van der Waals surface area contributed by atoms with E-state index < -0.39 is 29.8 Å². The maximum absolute atomic E-state index is 13.8. The summed E-state index contributed by atoms with van der Waals surface area (Å²) in [7, 11) is 0. The summed E-state index contributed by atoms with van der Waals surface area (Å²) in [6.45, 7) is 0. The highest BCUT2D eigenvalue weighted by Gasteiger charge is 2.13. The molecule has 2 aromatic carbocycles. The number of halogens is 3. The third kappa shape index (κ3) is 2.93. The fourth-order valence-corrected chi connectivity index (χ4v) is 1.74. The smallest absolute Gasteiger partial charge is 0.307 e. The zero-order chi connectivity index (χ0) is 14.0. The molecular weight excluding hydrogens is 257 g/mol. The zero-order valence-electron chi connectivity index (χ0n) is 9.66. The van der Waals surface area contributed by atoms with Gasteiger partial charge in [-0.1, -0.05) is 12.1 Å². The molecule has 0 aliphatic heterocycles. The third-order valence-corrected chi connectivity index (χ3v) is 2.63. The predicted molar refractivity (Wildman–Crippen MR) is 63.1 cm³/mol. The summed E-state index contributed by atoms with van der Waals surface area (Å²) >= 11 is 0. The lowest BCUT2D eigenvalue weighted by Crippen LogP contribution is -2.03. The molecule has 2 nitrogen and oxygen atoms in total. The van der Waals surface area contributed by atoms with Crippen molar-refractivity contribution >= 4 is 5.97 Å². The highest BCUT2D eigenvalue weighted by molar-refractivity contribution is 5.71. The molecule has 0 aromatic heterocycles. The van der Waals surface area contributed by atoms with Crippen LogP contribution >= 0.6 is 0 Å². The first-order chi connectivity index (χ1) is 8.97. The average molecular weight is 266 g/mol. The third-order valence-electron chi connectivity index (χ3n) is 2.63. The van der Waals surface area contributed by atoms with Crippen molar-refractivity contribution in [1.29, 1.82) is 0 Å². The standard InChI is InChI=1S/C14H9F3O2/c15-10-3-1-8(2-4-10)11-7-12(16)9(5-13(11)17)6-14(18)19/h1-5,7H,6H2,(H,18,19). The molecule has 0 saturated carbocycles. The van der Waals surface area contributed by atoms with Gasteiger partial charge in [0.1, 0.15) is 17.5 Å². The maximum atomic E-state index is 13.8. The Bertz CT molecular complexity index is 621. The first kappa shape index (κ1) is 13.1. The minimum Gasteiger partial charge on any atom is -0.481 e. The molecule has 5 heteroatoms. The Morgan fingerprint density at radius 1 is 1.00 bits per heavy atom. The highest BCUT2D eigenvalue weighted by atomic mass is 19.1. The van der Waals surface area contributed by atoms with E-state index in [9.17, 15) is 18.0 Å². The van der Waals surface area contributed by atoms with E-state index in [0.29, 0.717) is 5.56 Å². The van der Waals surface area contributed by atoms with Crippen LogP contribution in [0.5, 0.6) is 0 Å². The van der Waals surface area contributed by atoms with Gasteiger partial charge in [0.15, 0.2) is 0 Å². The van der Waals surface area contributed by atoms with Crippen molar-refractivity contribution < 1.29 is 23.1 Å². The second-order valence-corrected chi connectivity index (χ2v) is 4.00. The summed E-state index contributed by atoms with van der Waals surface area (Å²) in [5.41, 5.74) is 0.0576. The van der Waals surface area contributed by atoms with Gasteiger partial charge < -0.3 is 5.11 Å². The monoisotopic (exact) mass is 266 g/mol. The molecule has 0 atom stereocenters. The van der Waals surface area contributed by atoms with E-state index in [1.165, 1.54) is 12.1 Å². The predicted octanol–water partition coefficient (Wildman–Crippen LogP) is 3.40. The van der Waals surface area contributed by atoms with E-state index in [2.05, 4.69) is 0 Å². The first-order valence-electron chi connectivity index (χ1n) is 5.43. The molecule has 0 bridgehead atoms. The van der Waals surface area contributed by atoms with Crippen molar-refractivity contribution in [1.82, 2.24) is 0 Å². The van der Waals surface area contributed by atoms with Crippen LogP contribution in [0, 0.1) is 17.5 Å². The van der Waals surface area contributed by atoms with E-state index >= 15 is 0 Å². The molecule has 0 aliphatic rings. The Morgan fingerprint density at radius 3 is 2.21 bits per heavy atom. The van der Waals surface area contributed by atoms with Gasteiger partial charge in [-0.25, -0.2) is 13.2 Å². The van der Waals surface area contributed by atoms with Crippen LogP contribution in [0.3, 0.4) is 0 Å². The van der Waals surface area contributed by atoms with E-state index in [1.54, 1.807) is 0 Å².